The van der Waals surface area contributed by atoms with Crippen LogP contribution < -0.4 is 0 Å². The number of rotatable bonds is 8. The number of aldehydes is 1. The molecular formula is C12H25NO2. The Morgan fingerprint density at radius 3 is 2.40 bits per heavy atom. The van der Waals surface area contributed by atoms with Crippen molar-refractivity contribution >= 4 is 6.29 Å². The number of hydrogen-bond donors (Lipinski definition) is 0. The van der Waals surface area contributed by atoms with Gasteiger partial charge < -0.3 is 9.53 Å². The van der Waals surface area contributed by atoms with Crippen LogP contribution in [-0.4, -0.2) is 44.0 Å². The highest BCUT2D eigenvalue weighted by Gasteiger charge is 2.25. The average molecular weight is 215 g/mol. The standard InChI is InChI=1S/C12H25NO2/c1-6-12(4,10-14)9-13(11(2)3)7-8-15-5/h10-11H,6-9H2,1-5H3. The van der Waals surface area contributed by atoms with Gasteiger partial charge in [0.1, 0.15) is 6.29 Å². The minimum Gasteiger partial charge on any atom is -0.383 e. The molecule has 90 valence electrons. The van der Waals surface area contributed by atoms with Gasteiger partial charge in [-0.2, -0.15) is 0 Å². The molecule has 1 unspecified atom stereocenters. The fourth-order valence-electron chi connectivity index (χ4n) is 1.42. The third-order valence-corrected chi connectivity index (χ3v) is 2.97. The number of nitrogens with zero attached hydrogens (tertiary/aromatic N) is 1. The molecular weight excluding hydrogens is 190 g/mol. The van der Waals surface area contributed by atoms with Crippen molar-refractivity contribution in [2.75, 3.05) is 26.8 Å². The molecule has 3 heteroatoms. The van der Waals surface area contributed by atoms with E-state index in [4.69, 9.17) is 4.74 Å². The molecule has 0 saturated carbocycles. The minimum atomic E-state index is -0.224. The highest BCUT2D eigenvalue weighted by molar-refractivity contribution is 5.58. The monoisotopic (exact) mass is 215 g/mol. The van der Waals surface area contributed by atoms with Crippen LogP contribution in [0.3, 0.4) is 0 Å². The van der Waals surface area contributed by atoms with Gasteiger partial charge >= 0.3 is 0 Å². The quantitative estimate of drug-likeness (QED) is 0.580. The molecule has 0 saturated heterocycles. The second-order valence-corrected chi connectivity index (χ2v) is 4.68. The van der Waals surface area contributed by atoms with Crippen LogP contribution >= 0.6 is 0 Å². The van der Waals surface area contributed by atoms with Gasteiger partial charge in [-0.3, -0.25) is 4.90 Å². The van der Waals surface area contributed by atoms with Gasteiger partial charge in [0.15, 0.2) is 0 Å². The lowest BCUT2D eigenvalue weighted by Gasteiger charge is -2.33. The van der Waals surface area contributed by atoms with Crippen molar-refractivity contribution in [2.45, 2.75) is 40.2 Å². The highest BCUT2D eigenvalue weighted by atomic mass is 16.5. The van der Waals surface area contributed by atoms with Gasteiger partial charge in [0.2, 0.25) is 0 Å². The molecule has 0 rings (SSSR count). The molecule has 0 aromatic carbocycles. The van der Waals surface area contributed by atoms with E-state index >= 15 is 0 Å². The molecule has 0 aliphatic rings. The van der Waals surface area contributed by atoms with Crippen LogP contribution in [0.2, 0.25) is 0 Å². The van der Waals surface area contributed by atoms with Crippen molar-refractivity contribution in [1.29, 1.82) is 0 Å². The van der Waals surface area contributed by atoms with Crippen molar-refractivity contribution in [2.24, 2.45) is 5.41 Å². The Morgan fingerprint density at radius 1 is 1.47 bits per heavy atom. The van der Waals surface area contributed by atoms with Crippen LogP contribution in [0.25, 0.3) is 0 Å². The molecule has 0 aromatic rings. The van der Waals surface area contributed by atoms with Crippen LogP contribution in [0.1, 0.15) is 34.1 Å². The molecule has 0 aliphatic carbocycles. The fourth-order valence-corrected chi connectivity index (χ4v) is 1.42. The van der Waals surface area contributed by atoms with Gasteiger partial charge in [-0.15, -0.1) is 0 Å². The lowest BCUT2D eigenvalue weighted by molar-refractivity contribution is -0.117. The Hall–Kier alpha value is -0.410. The molecule has 0 bridgehead atoms. The number of methoxy groups -OCH3 is 1. The zero-order chi connectivity index (χ0) is 11.9. The maximum atomic E-state index is 11.0. The first-order valence-corrected chi connectivity index (χ1v) is 5.68. The second kappa shape index (κ2) is 6.96. The van der Waals surface area contributed by atoms with Crippen LogP contribution in [-0.2, 0) is 9.53 Å². The Bertz CT molecular complexity index is 182. The van der Waals surface area contributed by atoms with Crippen molar-refractivity contribution in [3.8, 4) is 0 Å². The number of ether oxygens (including phenoxy) is 1. The van der Waals surface area contributed by atoms with Gasteiger partial charge in [-0.05, 0) is 20.3 Å². The first-order chi connectivity index (χ1) is 6.99. The molecule has 0 radical (unpaired) electrons. The maximum Gasteiger partial charge on any atom is 0.127 e. The highest BCUT2D eigenvalue weighted by Crippen LogP contribution is 2.20. The Balaban J connectivity index is 4.31. The van der Waals surface area contributed by atoms with Crippen LogP contribution in [0.4, 0.5) is 0 Å². The minimum absolute atomic E-state index is 0.224. The van der Waals surface area contributed by atoms with E-state index in [0.717, 1.165) is 32.4 Å². The van der Waals surface area contributed by atoms with Crippen LogP contribution in [0.15, 0.2) is 0 Å². The smallest absolute Gasteiger partial charge is 0.127 e. The Kier molecular flexibility index (Phi) is 6.77. The van der Waals surface area contributed by atoms with E-state index in [2.05, 4.69) is 25.7 Å². The molecule has 0 heterocycles. The third kappa shape index (κ3) is 5.28. The van der Waals surface area contributed by atoms with Crippen molar-refractivity contribution in [3.63, 3.8) is 0 Å². The summed E-state index contributed by atoms with van der Waals surface area (Å²) in [6.07, 6.45) is 1.96. The maximum absolute atomic E-state index is 11.0. The molecule has 0 aliphatic heterocycles. The van der Waals surface area contributed by atoms with Gasteiger partial charge in [-0.25, -0.2) is 0 Å². The van der Waals surface area contributed by atoms with Crippen molar-refractivity contribution < 1.29 is 9.53 Å². The molecule has 15 heavy (non-hydrogen) atoms. The summed E-state index contributed by atoms with van der Waals surface area (Å²) in [5.41, 5.74) is -0.224. The number of carbonyl (C=O) groups excluding carboxylic acids is 1. The summed E-state index contributed by atoms with van der Waals surface area (Å²) in [4.78, 5) is 13.3. The van der Waals surface area contributed by atoms with E-state index in [9.17, 15) is 4.79 Å². The van der Waals surface area contributed by atoms with Gasteiger partial charge in [0, 0.05) is 31.7 Å². The zero-order valence-corrected chi connectivity index (χ0v) is 10.7. The normalized spacial score (nSPS) is 15.7. The summed E-state index contributed by atoms with van der Waals surface area (Å²) in [6, 6.07) is 0.450. The summed E-state index contributed by atoms with van der Waals surface area (Å²) in [5, 5.41) is 0. The van der Waals surface area contributed by atoms with Gasteiger partial charge in [-0.1, -0.05) is 13.8 Å². The van der Waals surface area contributed by atoms with Gasteiger partial charge in [0.05, 0.1) is 6.61 Å². The Morgan fingerprint density at radius 2 is 2.07 bits per heavy atom. The first kappa shape index (κ1) is 14.6. The molecule has 3 nitrogen and oxygen atoms in total. The fraction of sp³-hybridized carbons (Fsp3) is 0.917. The lowest BCUT2D eigenvalue weighted by atomic mass is 9.88. The molecule has 1 atom stereocenters. The molecule has 0 aromatic heterocycles. The average Bonchev–Trinajstić information content (AvgIpc) is 2.23. The van der Waals surface area contributed by atoms with E-state index in [1.807, 2.05) is 6.92 Å². The summed E-state index contributed by atoms with van der Waals surface area (Å²) in [6.45, 7) is 10.8. The molecule has 0 spiro atoms. The molecule has 0 fully saturated rings. The third-order valence-electron chi connectivity index (χ3n) is 2.97. The predicted octanol–water partition coefficient (Wildman–Crippen LogP) is 1.96. The summed E-state index contributed by atoms with van der Waals surface area (Å²) < 4.78 is 5.07. The summed E-state index contributed by atoms with van der Waals surface area (Å²) in [7, 11) is 1.71. The van der Waals surface area contributed by atoms with E-state index in [1.165, 1.54) is 0 Å². The topological polar surface area (TPSA) is 29.5 Å². The zero-order valence-electron chi connectivity index (χ0n) is 10.7. The Labute approximate surface area is 93.8 Å². The van der Waals surface area contributed by atoms with E-state index in [-0.39, 0.29) is 5.41 Å². The summed E-state index contributed by atoms with van der Waals surface area (Å²) >= 11 is 0. The second-order valence-electron chi connectivity index (χ2n) is 4.68. The van der Waals surface area contributed by atoms with Gasteiger partial charge in [0.25, 0.3) is 0 Å². The first-order valence-electron chi connectivity index (χ1n) is 5.68. The van der Waals surface area contributed by atoms with E-state index < -0.39 is 0 Å². The van der Waals surface area contributed by atoms with Crippen LogP contribution in [0.5, 0.6) is 0 Å². The van der Waals surface area contributed by atoms with Crippen LogP contribution in [0, 0.1) is 5.41 Å². The summed E-state index contributed by atoms with van der Waals surface area (Å²) in [5.74, 6) is 0. The van der Waals surface area contributed by atoms with E-state index in [1.54, 1.807) is 7.11 Å². The lowest BCUT2D eigenvalue weighted by Crippen LogP contribution is -2.42. The largest absolute Gasteiger partial charge is 0.383 e. The number of carbonyl (C=O) groups is 1. The number of hydrogen-bond acceptors (Lipinski definition) is 3. The molecule has 0 amide bonds. The molecule has 0 N–H and O–H groups in total. The van der Waals surface area contributed by atoms with Crippen molar-refractivity contribution in [3.05, 3.63) is 0 Å². The van der Waals surface area contributed by atoms with E-state index in [0.29, 0.717) is 6.04 Å². The SMILES string of the molecule is CCC(C)(C=O)CN(CCOC)C(C)C. The predicted molar refractivity (Wildman–Crippen MR) is 63.0 cm³/mol. The van der Waals surface area contributed by atoms with Crippen molar-refractivity contribution in [1.82, 2.24) is 4.90 Å².